The van der Waals surface area contributed by atoms with Gasteiger partial charge < -0.3 is 74.5 Å². The number of likely N-dealkylation sites (tertiary alicyclic amines) is 1. The number of hydrogen-bond acceptors (Lipinski definition) is 14. The van der Waals surface area contributed by atoms with Crippen LogP contribution in [0.1, 0.15) is 96.4 Å². The molecule has 0 aliphatic carbocycles. The lowest BCUT2D eigenvalue weighted by Crippen LogP contribution is -2.63. The van der Waals surface area contributed by atoms with Crippen LogP contribution in [0.2, 0.25) is 0 Å². The number of carbonyl (C=O) groups is 10. The predicted octanol–water partition coefficient (Wildman–Crippen LogP) is -1.68. The van der Waals surface area contributed by atoms with E-state index in [0.29, 0.717) is 42.5 Å². The minimum atomic E-state index is -1.71. The molecule has 1 fully saturated rings. The minimum Gasteiger partial charge on any atom is -0.480 e. The van der Waals surface area contributed by atoms with Crippen molar-refractivity contribution in [3.05, 3.63) is 90.0 Å². The van der Waals surface area contributed by atoms with Crippen molar-refractivity contribution in [3.8, 4) is 0 Å². The molecule has 1 aromatic heterocycles. The number of aromatic nitrogens is 2. The maximum atomic E-state index is 14.5. The molecule has 11 atom stereocenters. The highest BCUT2D eigenvalue weighted by molar-refractivity contribution is 5.99. The van der Waals surface area contributed by atoms with Crippen molar-refractivity contribution < 1.29 is 58.2 Å². The monoisotopic (exact) mass is 1100 g/mol. The largest absolute Gasteiger partial charge is 0.480 e. The van der Waals surface area contributed by atoms with Crippen LogP contribution in [-0.4, -0.2) is 158 Å². The first kappa shape index (κ1) is 63.8. The number of aliphatic hydroxyl groups is 1. The fourth-order valence-corrected chi connectivity index (χ4v) is 8.94. The van der Waals surface area contributed by atoms with E-state index in [1.165, 1.54) is 19.4 Å². The van der Waals surface area contributed by atoms with Gasteiger partial charge in [0.1, 0.15) is 48.3 Å². The number of carboxylic acids is 1. The summed E-state index contributed by atoms with van der Waals surface area (Å²) in [5, 5.41) is 38.7. The third-order valence-corrected chi connectivity index (χ3v) is 13.7. The molecule has 79 heavy (non-hydrogen) atoms. The van der Waals surface area contributed by atoms with E-state index in [1.807, 2.05) is 0 Å². The van der Waals surface area contributed by atoms with Gasteiger partial charge in [0.15, 0.2) is 0 Å². The molecule has 0 spiro atoms. The second kappa shape index (κ2) is 31.6. The third-order valence-electron chi connectivity index (χ3n) is 13.7. The number of nitrogens with two attached hydrogens (primary N) is 3. The van der Waals surface area contributed by atoms with Gasteiger partial charge >= 0.3 is 5.97 Å². The molecule has 25 heteroatoms. The maximum Gasteiger partial charge on any atom is 0.326 e. The second-order valence-electron chi connectivity index (χ2n) is 20.3. The lowest BCUT2D eigenvalue weighted by molar-refractivity contribution is -0.151. The summed E-state index contributed by atoms with van der Waals surface area (Å²) in [6, 6.07) is 5.36. The molecule has 432 valence electrons. The molecule has 0 saturated carbocycles. The highest BCUT2D eigenvalue weighted by atomic mass is 16.4. The average Bonchev–Trinajstić information content (AvgIpc) is 4.13. The summed E-state index contributed by atoms with van der Waals surface area (Å²) in [6.07, 6.45) is 2.36. The summed E-state index contributed by atoms with van der Waals surface area (Å²) >= 11 is 0. The number of nitrogens with zero attached hydrogens (tertiary/aromatic N) is 2. The Morgan fingerprint density at radius 1 is 0.671 bits per heavy atom. The number of benzene rings is 2. The van der Waals surface area contributed by atoms with Gasteiger partial charge in [-0.15, -0.1) is 0 Å². The maximum absolute atomic E-state index is 14.5. The Morgan fingerprint density at radius 3 is 1.68 bits per heavy atom. The molecule has 2 heterocycles. The molecule has 0 radical (unpaired) electrons. The summed E-state index contributed by atoms with van der Waals surface area (Å²) in [6.45, 7) is 8.15. The molecular formula is C54H79N13O12. The lowest BCUT2D eigenvalue weighted by atomic mass is 9.95. The van der Waals surface area contributed by atoms with Gasteiger partial charge in [0.25, 0.3) is 0 Å². The second-order valence-corrected chi connectivity index (χ2v) is 20.3. The Kier molecular flexibility index (Phi) is 25.5. The number of aromatic amines is 1. The number of carbonyl (C=O) groups excluding carboxylic acids is 9. The van der Waals surface area contributed by atoms with E-state index in [4.69, 9.17) is 17.2 Å². The summed E-state index contributed by atoms with van der Waals surface area (Å²) in [7, 11) is 0. The molecule has 2 aromatic carbocycles. The number of primary amides is 1. The van der Waals surface area contributed by atoms with Gasteiger partial charge in [-0.25, -0.2) is 9.78 Å². The van der Waals surface area contributed by atoms with Crippen LogP contribution in [-0.2, 0) is 67.2 Å². The molecule has 4 rings (SSSR count). The fraction of sp³-hybridized carbons (Fsp3) is 0.537. The molecule has 16 N–H and O–H groups in total. The number of nitrogens with one attached hydrogen (secondary N) is 8. The van der Waals surface area contributed by atoms with E-state index < -0.39 is 138 Å². The van der Waals surface area contributed by atoms with E-state index in [1.54, 1.807) is 88.4 Å². The van der Waals surface area contributed by atoms with Crippen molar-refractivity contribution in [3.63, 3.8) is 0 Å². The number of imidazole rings is 1. The van der Waals surface area contributed by atoms with Gasteiger partial charge in [-0.1, -0.05) is 94.8 Å². The SMILES string of the molecule is CC[C@H](C)[C@H](NC(=O)[C@@H](CC(N)=O)NC(=O)[C@H](CCCCN)NC(=O)[C@H](Cc1ccccc1)NC(=O)[C@H](Cc1ccccc1)NC(=O)[C@@H](N)Cc1cnc[nH]1)C(=O)N[C@H](C(=O)N[C@H](C(=O)N1CCC[C@H]1C(=O)O)[C@@H](C)O)C(C)C. The van der Waals surface area contributed by atoms with Crippen molar-refractivity contribution in [1.82, 2.24) is 52.1 Å². The quantitative estimate of drug-likeness (QED) is 0.0311. The molecule has 1 aliphatic rings. The zero-order chi connectivity index (χ0) is 58.3. The topological polar surface area (TPSA) is 405 Å². The van der Waals surface area contributed by atoms with Crippen molar-refractivity contribution in [2.75, 3.05) is 13.1 Å². The number of H-pyrrole nitrogens is 1. The zero-order valence-electron chi connectivity index (χ0n) is 45.4. The minimum absolute atomic E-state index is 0.0128. The third kappa shape index (κ3) is 19.9. The molecule has 0 bridgehead atoms. The highest BCUT2D eigenvalue weighted by Gasteiger charge is 2.41. The van der Waals surface area contributed by atoms with Gasteiger partial charge in [-0.3, -0.25) is 43.2 Å². The van der Waals surface area contributed by atoms with Crippen molar-refractivity contribution in [1.29, 1.82) is 0 Å². The fourth-order valence-electron chi connectivity index (χ4n) is 8.94. The number of carboxylic acid groups (broad SMARTS) is 1. The first-order chi connectivity index (χ1) is 37.5. The Hall–Kier alpha value is -7.77. The van der Waals surface area contributed by atoms with E-state index in [-0.39, 0.29) is 45.2 Å². The summed E-state index contributed by atoms with van der Waals surface area (Å²) < 4.78 is 0. The lowest BCUT2D eigenvalue weighted by Gasteiger charge is -2.32. The Bertz CT molecular complexity index is 2520. The number of hydrogen-bond donors (Lipinski definition) is 13. The Labute approximate surface area is 459 Å². The summed E-state index contributed by atoms with van der Waals surface area (Å²) in [5.74, 6) is -10.2. The van der Waals surface area contributed by atoms with Crippen LogP contribution >= 0.6 is 0 Å². The normalized spacial score (nSPS) is 17.0. The summed E-state index contributed by atoms with van der Waals surface area (Å²) in [4.78, 5) is 145. The van der Waals surface area contributed by atoms with E-state index in [2.05, 4.69) is 47.2 Å². The predicted molar refractivity (Wildman–Crippen MR) is 289 cm³/mol. The number of unbranched alkanes of at least 4 members (excludes halogenated alkanes) is 1. The van der Waals surface area contributed by atoms with Crippen molar-refractivity contribution in [2.24, 2.45) is 29.0 Å². The smallest absolute Gasteiger partial charge is 0.326 e. The van der Waals surface area contributed by atoms with E-state index >= 15 is 0 Å². The average molecular weight is 1100 g/mol. The zero-order valence-corrected chi connectivity index (χ0v) is 45.4. The molecule has 0 unspecified atom stereocenters. The number of aliphatic hydroxyl groups excluding tert-OH is 1. The van der Waals surface area contributed by atoms with E-state index in [9.17, 15) is 58.2 Å². The molecule has 1 saturated heterocycles. The number of aliphatic carboxylic acids is 1. The van der Waals surface area contributed by atoms with Gasteiger partial charge in [-0.2, -0.15) is 0 Å². The molecular weight excluding hydrogens is 1020 g/mol. The van der Waals surface area contributed by atoms with Gasteiger partial charge in [0.05, 0.1) is 24.9 Å². The van der Waals surface area contributed by atoms with Gasteiger partial charge in [0, 0.05) is 37.7 Å². The van der Waals surface area contributed by atoms with Crippen LogP contribution in [0.5, 0.6) is 0 Å². The van der Waals surface area contributed by atoms with Gasteiger partial charge in [-0.05, 0) is 68.5 Å². The highest BCUT2D eigenvalue weighted by Crippen LogP contribution is 2.20. The molecule has 3 aromatic rings. The van der Waals surface area contributed by atoms with Crippen LogP contribution in [0.25, 0.3) is 0 Å². The number of amides is 9. The molecule has 25 nitrogen and oxygen atoms in total. The first-order valence-electron chi connectivity index (χ1n) is 26.7. The first-order valence-corrected chi connectivity index (χ1v) is 26.7. The van der Waals surface area contributed by atoms with Crippen LogP contribution in [0, 0.1) is 11.8 Å². The van der Waals surface area contributed by atoms with Crippen LogP contribution < -0.4 is 54.4 Å². The van der Waals surface area contributed by atoms with Crippen LogP contribution in [0.4, 0.5) is 0 Å². The summed E-state index contributed by atoms with van der Waals surface area (Å²) in [5.41, 5.74) is 19.5. The standard InChI is InChI=1S/C54H79N13O12/c1-6-31(4)44(52(76)64-43(30(2)3)51(75)66-45(32(5)68)53(77)67-23-15-21-41(67)54(78)79)65-50(74)40(27-42(57)69)63-47(71)37(20-13-14-22-55)60-48(72)39(25-34-18-11-8-12-19-34)62-49(73)38(24-33-16-9-7-10-17-33)61-46(70)36(56)26-35-28-58-29-59-35/h7-12,16-19,28-32,36-41,43-45,68H,6,13-15,20-27,55-56H2,1-5H3,(H2,57,69)(H,58,59)(H,60,72)(H,61,70)(H,62,73)(H,63,71)(H,64,76)(H,65,74)(H,66,75)(H,78,79)/t31-,32+,36-,37-,38-,39-,40+,41-,43-,44-,45-/m0/s1. The Morgan fingerprint density at radius 2 is 1.18 bits per heavy atom. The Balaban J connectivity index is 1.57. The van der Waals surface area contributed by atoms with Crippen LogP contribution in [0.15, 0.2) is 73.2 Å². The van der Waals surface area contributed by atoms with Crippen molar-refractivity contribution in [2.45, 2.75) is 159 Å². The van der Waals surface area contributed by atoms with E-state index in [0.717, 1.165) is 4.90 Å². The molecule has 9 amide bonds. The van der Waals surface area contributed by atoms with Crippen LogP contribution in [0.3, 0.4) is 0 Å². The molecule has 1 aliphatic heterocycles. The van der Waals surface area contributed by atoms with Gasteiger partial charge in [0.2, 0.25) is 53.2 Å². The number of rotatable bonds is 32. The van der Waals surface area contributed by atoms with Crippen molar-refractivity contribution >= 4 is 59.1 Å².